The van der Waals surface area contributed by atoms with E-state index in [4.69, 9.17) is 0 Å². The number of anilines is 2. The highest BCUT2D eigenvalue weighted by molar-refractivity contribution is 7.93. The summed E-state index contributed by atoms with van der Waals surface area (Å²) in [6.07, 6.45) is 4.49. The molecule has 1 saturated heterocycles. The number of hydrogen-bond acceptors (Lipinski definition) is 7. The van der Waals surface area contributed by atoms with Crippen LogP contribution < -0.4 is 15.4 Å². The Morgan fingerprint density at radius 3 is 2.55 bits per heavy atom. The summed E-state index contributed by atoms with van der Waals surface area (Å²) in [5.41, 5.74) is -0.385. The lowest BCUT2D eigenvalue weighted by atomic mass is 9.98. The molecule has 1 aromatic carbocycles. The van der Waals surface area contributed by atoms with Crippen LogP contribution in [0.3, 0.4) is 0 Å². The molecule has 0 atom stereocenters. The molecule has 2 aromatic rings. The van der Waals surface area contributed by atoms with Crippen LogP contribution in [0.1, 0.15) is 32.1 Å². The zero-order valence-electron chi connectivity index (χ0n) is 16.5. The Morgan fingerprint density at radius 1 is 1.19 bits per heavy atom. The summed E-state index contributed by atoms with van der Waals surface area (Å²) >= 11 is 1.16. The standard InChI is InChI=1S/C19H21N5O5S2/c25-15(7-11-24-16(26)19(22-18(24)27)8-1-2-9-19)21-13-3-5-14(6-4-13)31(28,29)23-17-20-10-12-30-17/h3-6,10,12H,1-2,7-9,11H2,(H,20,23)(H,21,25)(H,22,27). The molecule has 1 spiro atoms. The summed E-state index contributed by atoms with van der Waals surface area (Å²) in [5, 5.41) is 7.34. The number of thiazole rings is 1. The Morgan fingerprint density at radius 2 is 1.90 bits per heavy atom. The number of carbonyl (C=O) groups excluding carboxylic acids is 3. The van der Waals surface area contributed by atoms with Crippen LogP contribution in [0.5, 0.6) is 0 Å². The van der Waals surface area contributed by atoms with E-state index in [0.717, 1.165) is 29.1 Å². The van der Waals surface area contributed by atoms with Gasteiger partial charge < -0.3 is 10.6 Å². The van der Waals surface area contributed by atoms with Crippen LogP contribution in [-0.4, -0.2) is 48.2 Å². The number of carbonyl (C=O) groups is 3. The molecule has 2 heterocycles. The SMILES string of the molecule is O=C(CCN1C(=O)NC2(CCCC2)C1=O)Nc1ccc(S(=O)(=O)Nc2nccs2)cc1. The maximum Gasteiger partial charge on any atom is 0.325 e. The van der Waals surface area contributed by atoms with Gasteiger partial charge in [-0.05, 0) is 37.1 Å². The van der Waals surface area contributed by atoms with Crippen molar-refractivity contribution in [1.82, 2.24) is 15.2 Å². The number of urea groups is 1. The molecule has 2 fully saturated rings. The van der Waals surface area contributed by atoms with Gasteiger partial charge in [0.15, 0.2) is 5.13 Å². The van der Waals surface area contributed by atoms with Crippen molar-refractivity contribution in [2.75, 3.05) is 16.6 Å². The summed E-state index contributed by atoms with van der Waals surface area (Å²) in [4.78, 5) is 42.0. The molecule has 1 aliphatic carbocycles. The molecule has 10 nitrogen and oxygen atoms in total. The van der Waals surface area contributed by atoms with Crippen molar-refractivity contribution in [2.24, 2.45) is 0 Å². The average Bonchev–Trinajstić information content (AvgIpc) is 3.45. The monoisotopic (exact) mass is 463 g/mol. The Kier molecular flexibility index (Phi) is 5.67. The van der Waals surface area contributed by atoms with Crippen molar-refractivity contribution in [3.63, 3.8) is 0 Å². The summed E-state index contributed by atoms with van der Waals surface area (Å²) < 4.78 is 27.1. The van der Waals surface area contributed by atoms with E-state index in [0.29, 0.717) is 18.5 Å². The van der Waals surface area contributed by atoms with Gasteiger partial charge in [-0.15, -0.1) is 11.3 Å². The van der Waals surface area contributed by atoms with Gasteiger partial charge in [0, 0.05) is 30.2 Å². The Hall–Kier alpha value is -2.99. The van der Waals surface area contributed by atoms with E-state index >= 15 is 0 Å². The van der Waals surface area contributed by atoms with Crippen molar-refractivity contribution in [2.45, 2.75) is 42.5 Å². The quantitative estimate of drug-likeness (QED) is 0.538. The molecule has 1 aliphatic heterocycles. The molecule has 31 heavy (non-hydrogen) atoms. The fourth-order valence-corrected chi connectivity index (χ4v) is 5.59. The molecule has 0 radical (unpaired) electrons. The fraction of sp³-hybridized carbons (Fsp3) is 0.368. The first-order chi connectivity index (χ1) is 14.8. The van der Waals surface area contributed by atoms with Crippen LogP contribution in [0.2, 0.25) is 0 Å². The molecule has 1 saturated carbocycles. The van der Waals surface area contributed by atoms with Crippen LogP contribution in [0.15, 0.2) is 40.7 Å². The number of benzene rings is 1. The summed E-state index contributed by atoms with van der Waals surface area (Å²) in [7, 11) is -3.78. The molecule has 2 aliphatic rings. The second-order valence-electron chi connectivity index (χ2n) is 7.44. The highest BCUT2D eigenvalue weighted by atomic mass is 32.2. The summed E-state index contributed by atoms with van der Waals surface area (Å²) in [6.45, 7) is -0.0115. The maximum atomic E-state index is 12.6. The van der Waals surface area contributed by atoms with Gasteiger partial charge in [-0.2, -0.15) is 0 Å². The molecular weight excluding hydrogens is 442 g/mol. The van der Waals surface area contributed by atoms with Gasteiger partial charge in [0.1, 0.15) is 5.54 Å². The first-order valence-corrected chi connectivity index (χ1v) is 12.1. The second-order valence-corrected chi connectivity index (χ2v) is 10.0. The molecule has 4 amide bonds. The number of nitrogens with one attached hydrogen (secondary N) is 3. The van der Waals surface area contributed by atoms with E-state index in [9.17, 15) is 22.8 Å². The van der Waals surface area contributed by atoms with Gasteiger partial charge in [-0.1, -0.05) is 12.8 Å². The van der Waals surface area contributed by atoms with Gasteiger partial charge in [0.25, 0.3) is 15.9 Å². The second kappa shape index (κ2) is 8.27. The smallest absolute Gasteiger partial charge is 0.325 e. The van der Waals surface area contributed by atoms with Crippen LogP contribution in [-0.2, 0) is 19.6 Å². The normalized spacial score (nSPS) is 17.7. The molecule has 3 N–H and O–H groups in total. The van der Waals surface area contributed by atoms with Crippen molar-refractivity contribution >= 4 is 50.0 Å². The van der Waals surface area contributed by atoms with Crippen LogP contribution in [0.25, 0.3) is 0 Å². The molecule has 164 valence electrons. The van der Waals surface area contributed by atoms with E-state index in [2.05, 4.69) is 20.3 Å². The zero-order valence-corrected chi connectivity index (χ0v) is 18.1. The fourth-order valence-electron chi connectivity index (χ4n) is 3.80. The highest BCUT2D eigenvalue weighted by Crippen LogP contribution is 2.35. The Bertz CT molecular complexity index is 1090. The molecule has 12 heteroatoms. The zero-order chi connectivity index (χ0) is 22.1. The average molecular weight is 464 g/mol. The first-order valence-electron chi connectivity index (χ1n) is 9.75. The van der Waals surface area contributed by atoms with Crippen LogP contribution in [0.4, 0.5) is 15.6 Å². The van der Waals surface area contributed by atoms with E-state index in [1.54, 1.807) is 5.38 Å². The van der Waals surface area contributed by atoms with Crippen LogP contribution in [0, 0.1) is 0 Å². The number of imide groups is 1. The lowest BCUT2D eigenvalue weighted by Crippen LogP contribution is -2.44. The van der Waals surface area contributed by atoms with Crippen molar-refractivity contribution < 1.29 is 22.8 Å². The number of nitrogens with zero attached hydrogens (tertiary/aromatic N) is 2. The van der Waals surface area contributed by atoms with Gasteiger partial charge in [0.05, 0.1) is 4.90 Å². The third-order valence-electron chi connectivity index (χ3n) is 5.37. The van der Waals surface area contributed by atoms with Crippen molar-refractivity contribution in [3.05, 3.63) is 35.8 Å². The number of aromatic nitrogens is 1. The van der Waals surface area contributed by atoms with Gasteiger partial charge >= 0.3 is 6.03 Å². The van der Waals surface area contributed by atoms with E-state index < -0.39 is 21.6 Å². The molecular formula is C19H21N5O5S2. The predicted octanol–water partition coefficient (Wildman–Crippen LogP) is 2.14. The van der Waals surface area contributed by atoms with Gasteiger partial charge in [-0.25, -0.2) is 18.2 Å². The number of hydrogen-bond donors (Lipinski definition) is 3. The predicted molar refractivity (Wildman–Crippen MR) is 114 cm³/mol. The molecule has 1 aromatic heterocycles. The maximum absolute atomic E-state index is 12.6. The number of amides is 4. The topological polar surface area (TPSA) is 138 Å². The van der Waals surface area contributed by atoms with Crippen molar-refractivity contribution in [3.8, 4) is 0 Å². The number of sulfonamides is 1. The van der Waals surface area contributed by atoms with Crippen molar-refractivity contribution in [1.29, 1.82) is 0 Å². The molecule has 0 unspecified atom stereocenters. The largest absolute Gasteiger partial charge is 0.326 e. The van der Waals surface area contributed by atoms with Gasteiger partial charge in [-0.3, -0.25) is 19.2 Å². The minimum atomic E-state index is -3.78. The minimum Gasteiger partial charge on any atom is -0.326 e. The Balaban J connectivity index is 1.32. The lowest BCUT2D eigenvalue weighted by molar-refractivity contribution is -0.131. The first kappa shape index (κ1) is 21.2. The Labute approximate surface area is 183 Å². The van der Waals surface area contributed by atoms with Crippen LogP contribution >= 0.6 is 11.3 Å². The van der Waals surface area contributed by atoms with E-state index in [-0.39, 0.29) is 34.8 Å². The van der Waals surface area contributed by atoms with Gasteiger partial charge in [0.2, 0.25) is 5.91 Å². The molecule has 4 rings (SSSR count). The third-order valence-corrected chi connectivity index (χ3v) is 7.54. The molecule has 0 bridgehead atoms. The summed E-state index contributed by atoms with van der Waals surface area (Å²) in [5.74, 6) is -0.644. The number of rotatable bonds is 7. The minimum absolute atomic E-state index is 0.0115. The summed E-state index contributed by atoms with van der Waals surface area (Å²) in [6, 6.07) is 5.21. The lowest BCUT2D eigenvalue weighted by Gasteiger charge is -2.19. The van der Waals surface area contributed by atoms with E-state index in [1.807, 2.05) is 0 Å². The van der Waals surface area contributed by atoms with E-state index in [1.165, 1.54) is 30.5 Å². The highest BCUT2D eigenvalue weighted by Gasteiger charge is 2.52. The third kappa shape index (κ3) is 4.39.